The summed E-state index contributed by atoms with van der Waals surface area (Å²) < 4.78 is 5.42. The summed E-state index contributed by atoms with van der Waals surface area (Å²) in [5.41, 5.74) is 1.02. The molecule has 1 amide bonds. The Morgan fingerprint density at radius 1 is 1.33 bits per heavy atom. The van der Waals surface area contributed by atoms with E-state index in [0.717, 1.165) is 37.5 Å². The molecule has 0 spiro atoms. The molecule has 1 aromatic carbocycles. The molecule has 1 unspecified atom stereocenters. The number of nitrogens with zero attached hydrogens (tertiary/aromatic N) is 2. The van der Waals surface area contributed by atoms with Gasteiger partial charge in [0.25, 0.3) is 0 Å². The van der Waals surface area contributed by atoms with Gasteiger partial charge < -0.3 is 14.5 Å². The van der Waals surface area contributed by atoms with Crippen LogP contribution in [0, 0.1) is 0 Å². The lowest BCUT2D eigenvalue weighted by Gasteiger charge is -2.28. The smallest absolute Gasteiger partial charge is 0.238 e. The number of methoxy groups -OCH3 is 1. The average Bonchev–Trinajstić information content (AvgIpc) is 2.89. The van der Waals surface area contributed by atoms with Gasteiger partial charge in [-0.05, 0) is 19.2 Å². The maximum Gasteiger partial charge on any atom is 0.238 e. The minimum atomic E-state index is -0.0933. The first kappa shape index (κ1) is 15.8. The van der Waals surface area contributed by atoms with Gasteiger partial charge in [-0.25, -0.2) is 0 Å². The van der Waals surface area contributed by atoms with E-state index in [-0.39, 0.29) is 12.1 Å². The predicted octanol–water partition coefficient (Wildman–Crippen LogP) is 1.47. The summed E-state index contributed by atoms with van der Waals surface area (Å²) in [5.74, 6) is 0.968. The zero-order valence-electron chi connectivity index (χ0n) is 13.1. The number of hydrogen-bond acceptors (Lipinski definition) is 4. The summed E-state index contributed by atoms with van der Waals surface area (Å²) in [6, 6.07) is 7.87. The molecule has 5 nitrogen and oxygen atoms in total. The highest BCUT2D eigenvalue weighted by Gasteiger charge is 2.32. The number of benzene rings is 1. The number of amides is 1. The molecular formula is C16H25N3O2. The van der Waals surface area contributed by atoms with Crippen LogP contribution in [-0.2, 0) is 4.79 Å². The van der Waals surface area contributed by atoms with Crippen LogP contribution in [0.2, 0.25) is 0 Å². The molecular weight excluding hydrogens is 266 g/mol. The molecule has 1 heterocycles. The van der Waals surface area contributed by atoms with Gasteiger partial charge >= 0.3 is 0 Å². The molecule has 0 aromatic heterocycles. The van der Waals surface area contributed by atoms with Gasteiger partial charge in [0.15, 0.2) is 0 Å². The van der Waals surface area contributed by atoms with Gasteiger partial charge in [0.05, 0.1) is 13.7 Å². The van der Waals surface area contributed by atoms with E-state index in [1.807, 2.05) is 29.2 Å². The topological polar surface area (TPSA) is 44.8 Å². The van der Waals surface area contributed by atoms with Crippen LogP contribution in [0.4, 0.5) is 0 Å². The molecule has 0 aliphatic carbocycles. The highest BCUT2D eigenvalue weighted by Crippen LogP contribution is 2.29. The van der Waals surface area contributed by atoms with E-state index in [4.69, 9.17) is 4.74 Å². The third-order valence-corrected chi connectivity index (χ3v) is 4.06. The first-order chi connectivity index (χ1) is 10.2. The minimum Gasteiger partial charge on any atom is -0.496 e. The van der Waals surface area contributed by atoms with E-state index in [0.29, 0.717) is 6.54 Å². The van der Waals surface area contributed by atoms with Gasteiger partial charge in [0, 0.05) is 18.7 Å². The Bertz CT molecular complexity index is 474. The normalized spacial score (nSPS) is 18.6. The van der Waals surface area contributed by atoms with Crippen LogP contribution in [0.5, 0.6) is 5.75 Å². The van der Waals surface area contributed by atoms with Crippen molar-refractivity contribution in [3.05, 3.63) is 29.8 Å². The molecule has 21 heavy (non-hydrogen) atoms. The van der Waals surface area contributed by atoms with Crippen LogP contribution in [0.3, 0.4) is 0 Å². The predicted molar refractivity (Wildman–Crippen MR) is 83.2 cm³/mol. The van der Waals surface area contributed by atoms with Crippen LogP contribution in [0.15, 0.2) is 24.3 Å². The summed E-state index contributed by atoms with van der Waals surface area (Å²) in [7, 11) is 1.66. The highest BCUT2D eigenvalue weighted by atomic mass is 16.5. The highest BCUT2D eigenvalue weighted by molar-refractivity contribution is 5.81. The Morgan fingerprint density at radius 2 is 2.05 bits per heavy atom. The van der Waals surface area contributed by atoms with Crippen molar-refractivity contribution in [2.75, 3.05) is 39.8 Å². The second kappa shape index (κ2) is 7.43. The van der Waals surface area contributed by atoms with Crippen molar-refractivity contribution >= 4 is 5.91 Å². The first-order valence-corrected chi connectivity index (χ1v) is 7.59. The minimum absolute atomic E-state index is 0.0933. The van der Waals surface area contributed by atoms with Crippen molar-refractivity contribution in [3.63, 3.8) is 0 Å². The SMILES string of the molecule is CCN(CC)CCN1C(=O)CNC1c1ccccc1OC. The number of nitrogens with one attached hydrogen (secondary N) is 1. The van der Waals surface area contributed by atoms with E-state index in [1.165, 1.54) is 0 Å². The van der Waals surface area contributed by atoms with Gasteiger partial charge in [-0.15, -0.1) is 0 Å². The summed E-state index contributed by atoms with van der Waals surface area (Å²) >= 11 is 0. The molecule has 0 bridgehead atoms. The van der Waals surface area contributed by atoms with Crippen molar-refractivity contribution in [1.82, 2.24) is 15.1 Å². The lowest BCUT2D eigenvalue weighted by Crippen LogP contribution is -2.38. The maximum absolute atomic E-state index is 12.2. The Balaban J connectivity index is 2.12. The number of hydrogen-bond donors (Lipinski definition) is 1. The lowest BCUT2D eigenvalue weighted by atomic mass is 10.1. The number of carbonyl (C=O) groups is 1. The average molecular weight is 291 g/mol. The summed E-state index contributed by atoms with van der Waals surface area (Å²) in [4.78, 5) is 16.4. The van der Waals surface area contributed by atoms with Crippen LogP contribution in [0.25, 0.3) is 0 Å². The summed E-state index contributed by atoms with van der Waals surface area (Å²) in [6.07, 6.45) is -0.0933. The Kier molecular flexibility index (Phi) is 5.59. The molecule has 1 N–H and O–H groups in total. The van der Waals surface area contributed by atoms with Gasteiger partial charge in [-0.3, -0.25) is 10.1 Å². The van der Waals surface area contributed by atoms with E-state index >= 15 is 0 Å². The first-order valence-electron chi connectivity index (χ1n) is 7.59. The van der Waals surface area contributed by atoms with Gasteiger partial charge in [0.2, 0.25) is 5.91 Å². The quantitative estimate of drug-likeness (QED) is 0.826. The molecule has 0 saturated carbocycles. The second-order valence-electron chi connectivity index (χ2n) is 5.14. The third-order valence-electron chi connectivity index (χ3n) is 4.06. The van der Waals surface area contributed by atoms with Crippen LogP contribution in [0.1, 0.15) is 25.6 Å². The number of carbonyl (C=O) groups excluding carboxylic acids is 1. The molecule has 1 aromatic rings. The zero-order chi connectivity index (χ0) is 15.2. The number of rotatable bonds is 7. The Morgan fingerprint density at radius 3 is 2.71 bits per heavy atom. The van der Waals surface area contributed by atoms with Gasteiger partial charge in [0.1, 0.15) is 11.9 Å². The molecule has 1 atom stereocenters. The van der Waals surface area contributed by atoms with Gasteiger partial charge in [-0.2, -0.15) is 0 Å². The van der Waals surface area contributed by atoms with E-state index in [9.17, 15) is 4.79 Å². The van der Waals surface area contributed by atoms with Crippen LogP contribution >= 0.6 is 0 Å². The zero-order valence-corrected chi connectivity index (χ0v) is 13.1. The van der Waals surface area contributed by atoms with E-state index < -0.39 is 0 Å². The fourth-order valence-electron chi connectivity index (χ4n) is 2.75. The van der Waals surface area contributed by atoms with Crippen molar-refractivity contribution in [2.45, 2.75) is 20.0 Å². The standard InChI is InChI=1S/C16H25N3O2/c1-4-18(5-2)10-11-19-15(20)12-17-16(19)13-8-6-7-9-14(13)21-3/h6-9,16-17H,4-5,10-12H2,1-3H3. The molecule has 116 valence electrons. The molecule has 2 rings (SSSR count). The number of para-hydroxylation sites is 1. The van der Waals surface area contributed by atoms with Crippen molar-refractivity contribution < 1.29 is 9.53 Å². The summed E-state index contributed by atoms with van der Waals surface area (Å²) in [5, 5.41) is 3.29. The van der Waals surface area contributed by atoms with Crippen molar-refractivity contribution in [2.24, 2.45) is 0 Å². The molecule has 1 saturated heterocycles. The molecule has 5 heteroatoms. The number of ether oxygens (including phenoxy) is 1. The fourth-order valence-corrected chi connectivity index (χ4v) is 2.75. The van der Waals surface area contributed by atoms with Crippen molar-refractivity contribution in [3.8, 4) is 5.75 Å². The van der Waals surface area contributed by atoms with E-state index in [1.54, 1.807) is 7.11 Å². The lowest BCUT2D eigenvalue weighted by molar-refractivity contribution is -0.128. The largest absolute Gasteiger partial charge is 0.496 e. The fraction of sp³-hybridized carbons (Fsp3) is 0.562. The maximum atomic E-state index is 12.2. The van der Waals surface area contributed by atoms with Crippen LogP contribution in [-0.4, -0.2) is 55.5 Å². The summed E-state index contributed by atoms with van der Waals surface area (Å²) in [6.45, 7) is 8.32. The van der Waals surface area contributed by atoms with E-state index in [2.05, 4.69) is 24.1 Å². The number of likely N-dealkylation sites (N-methyl/N-ethyl adjacent to an activating group) is 1. The Hall–Kier alpha value is -1.59. The van der Waals surface area contributed by atoms with Crippen LogP contribution < -0.4 is 10.1 Å². The molecule has 0 radical (unpaired) electrons. The Labute approximate surface area is 126 Å². The second-order valence-corrected chi connectivity index (χ2v) is 5.14. The molecule has 1 aliphatic rings. The monoisotopic (exact) mass is 291 g/mol. The third kappa shape index (κ3) is 3.54. The van der Waals surface area contributed by atoms with Crippen molar-refractivity contribution in [1.29, 1.82) is 0 Å². The van der Waals surface area contributed by atoms with Gasteiger partial charge in [-0.1, -0.05) is 32.0 Å². The molecule has 1 fully saturated rings. The molecule has 1 aliphatic heterocycles.